The van der Waals surface area contributed by atoms with Gasteiger partial charge in [0.05, 0.1) is 17.9 Å². The number of aromatic nitrogens is 2. The quantitative estimate of drug-likeness (QED) is 0.881. The summed E-state index contributed by atoms with van der Waals surface area (Å²) in [5, 5.41) is 5.76. The van der Waals surface area contributed by atoms with Crippen molar-refractivity contribution in [3.63, 3.8) is 0 Å². The maximum absolute atomic E-state index is 11.5. The minimum absolute atomic E-state index is 0.0939. The highest BCUT2D eigenvalue weighted by Crippen LogP contribution is 2.19. The molecule has 0 aliphatic rings. The summed E-state index contributed by atoms with van der Waals surface area (Å²) in [4.78, 5) is 20.2. The van der Waals surface area contributed by atoms with Gasteiger partial charge >= 0.3 is 0 Å². The Labute approximate surface area is 116 Å². The van der Waals surface area contributed by atoms with Crippen LogP contribution < -0.4 is 5.32 Å². The van der Waals surface area contributed by atoms with Crippen LogP contribution in [0.3, 0.4) is 0 Å². The molecule has 100 valence electrons. The van der Waals surface area contributed by atoms with E-state index in [1.807, 2.05) is 23.6 Å². The molecule has 1 N–H and O–H groups in total. The van der Waals surface area contributed by atoms with Crippen molar-refractivity contribution >= 4 is 17.2 Å². The molecule has 0 aliphatic carbocycles. The molecule has 0 bridgehead atoms. The van der Waals surface area contributed by atoms with Gasteiger partial charge in [-0.3, -0.25) is 9.78 Å². The first-order valence-corrected chi connectivity index (χ1v) is 7.30. The lowest BCUT2D eigenvalue weighted by atomic mass is 10.2. The molecule has 2 aromatic rings. The molecule has 0 radical (unpaired) electrons. The minimum Gasteiger partial charge on any atom is -0.350 e. The van der Waals surface area contributed by atoms with Crippen molar-refractivity contribution in [3.05, 3.63) is 34.8 Å². The van der Waals surface area contributed by atoms with Crippen LogP contribution in [0.1, 0.15) is 31.2 Å². The molecule has 0 atom stereocenters. The summed E-state index contributed by atoms with van der Waals surface area (Å²) in [5.41, 5.74) is 1.73. The normalized spacial score (nSPS) is 10.4. The Kier molecular flexibility index (Phi) is 5.03. The molecule has 2 rings (SSSR count). The van der Waals surface area contributed by atoms with Crippen molar-refractivity contribution < 1.29 is 4.79 Å². The molecular formula is C14H17N3OS. The number of carbonyl (C=O) groups is 1. The van der Waals surface area contributed by atoms with E-state index in [1.165, 1.54) is 0 Å². The maximum Gasteiger partial charge on any atom is 0.220 e. The molecule has 5 heteroatoms. The SMILES string of the molecule is CCCCC(=O)NCc1nc(-c2ccccn2)cs1. The summed E-state index contributed by atoms with van der Waals surface area (Å²) in [6.45, 7) is 2.58. The van der Waals surface area contributed by atoms with Crippen LogP contribution in [-0.4, -0.2) is 15.9 Å². The van der Waals surface area contributed by atoms with E-state index in [0.29, 0.717) is 13.0 Å². The molecule has 0 fully saturated rings. The van der Waals surface area contributed by atoms with E-state index < -0.39 is 0 Å². The summed E-state index contributed by atoms with van der Waals surface area (Å²) >= 11 is 1.54. The summed E-state index contributed by atoms with van der Waals surface area (Å²) in [5.74, 6) is 0.0939. The number of nitrogens with one attached hydrogen (secondary N) is 1. The molecule has 0 aromatic carbocycles. The van der Waals surface area contributed by atoms with E-state index in [1.54, 1.807) is 17.5 Å². The van der Waals surface area contributed by atoms with Gasteiger partial charge in [0.2, 0.25) is 5.91 Å². The van der Waals surface area contributed by atoms with Crippen molar-refractivity contribution in [2.24, 2.45) is 0 Å². The predicted octanol–water partition coefficient (Wildman–Crippen LogP) is 3.01. The van der Waals surface area contributed by atoms with Gasteiger partial charge in [-0.05, 0) is 18.6 Å². The van der Waals surface area contributed by atoms with Gasteiger partial charge in [0.25, 0.3) is 0 Å². The second-order valence-electron chi connectivity index (χ2n) is 4.22. The lowest BCUT2D eigenvalue weighted by Crippen LogP contribution is -2.22. The van der Waals surface area contributed by atoms with Gasteiger partial charge in [0.15, 0.2) is 0 Å². The van der Waals surface area contributed by atoms with Crippen molar-refractivity contribution in [2.75, 3.05) is 0 Å². The number of unbranched alkanes of at least 4 members (excludes halogenated alkanes) is 1. The molecule has 1 amide bonds. The second kappa shape index (κ2) is 6.99. The first-order valence-electron chi connectivity index (χ1n) is 6.42. The van der Waals surface area contributed by atoms with Crippen LogP contribution in [0, 0.1) is 0 Å². The van der Waals surface area contributed by atoms with E-state index in [0.717, 1.165) is 29.2 Å². The van der Waals surface area contributed by atoms with Gasteiger partial charge in [-0.1, -0.05) is 19.4 Å². The standard InChI is InChI=1S/C14H17N3OS/c1-2-3-7-13(18)16-9-14-17-12(10-19-14)11-6-4-5-8-15-11/h4-6,8,10H,2-3,7,9H2,1H3,(H,16,18). The Balaban J connectivity index is 1.90. The molecule has 0 spiro atoms. The zero-order chi connectivity index (χ0) is 13.5. The van der Waals surface area contributed by atoms with Crippen molar-refractivity contribution in [1.82, 2.24) is 15.3 Å². The Morgan fingerprint density at radius 1 is 1.37 bits per heavy atom. The number of amides is 1. The number of thiazole rings is 1. The zero-order valence-corrected chi connectivity index (χ0v) is 11.7. The third kappa shape index (κ3) is 4.13. The van der Waals surface area contributed by atoms with Gasteiger partial charge in [-0.15, -0.1) is 11.3 Å². The number of nitrogens with zero attached hydrogens (tertiary/aromatic N) is 2. The van der Waals surface area contributed by atoms with Crippen LogP contribution in [0.15, 0.2) is 29.8 Å². The van der Waals surface area contributed by atoms with Gasteiger partial charge in [0, 0.05) is 18.0 Å². The first kappa shape index (κ1) is 13.7. The highest BCUT2D eigenvalue weighted by atomic mass is 32.1. The molecule has 0 unspecified atom stereocenters. The average molecular weight is 275 g/mol. The Morgan fingerprint density at radius 2 is 2.26 bits per heavy atom. The fourth-order valence-electron chi connectivity index (χ4n) is 1.62. The van der Waals surface area contributed by atoms with Crippen LogP contribution in [0.5, 0.6) is 0 Å². The summed E-state index contributed by atoms with van der Waals surface area (Å²) < 4.78 is 0. The first-order chi connectivity index (χ1) is 9.29. The van der Waals surface area contributed by atoms with Crippen LogP contribution in [0.25, 0.3) is 11.4 Å². The molecule has 2 aromatic heterocycles. The van der Waals surface area contributed by atoms with E-state index in [2.05, 4.69) is 22.2 Å². The average Bonchev–Trinajstić information content (AvgIpc) is 2.93. The summed E-state index contributed by atoms with van der Waals surface area (Å²) in [7, 11) is 0. The number of pyridine rings is 1. The third-order valence-electron chi connectivity index (χ3n) is 2.67. The van der Waals surface area contributed by atoms with Gasteiger partial charge in [-0.25, -0.2) is 4.98 Å². The van der Waals surface area contributed by atoms with Gasteiger partial charge in [-0.2, -0.15) is 0 Å². The number of hydrogen-bond acceptors (Lipinski definition) is 4. The number of hydrogen-bond donors (Lipinski definition) is 1. The summed E-state index contributed by atoms with van der Waals surface area (Å²) in [6, 6.07) is 5.75. The highest BCUT2D eigenvalue weighted by Gasteiger charge is 2.06. The molecule has 2 heterocycles. The second-order valence-corrected chi connectivity index (χ2v) is 5.16. The Morgan fingerprint density at radius 3 is 3.00 bits per heavy atom. The molecule has 19 heavy (non-hydrogen) atoms. The van der Waals surface area contributed by atoms with E-state index >= 15 is 0 Å². The van der Waals surface area contributed by atoms with Crippen molar-refractivity contribution in [3.8, 4) is 11.4 Å². The minimum atomic E-state index is 0.0939. The highest BCUT2D eigenvalue weighted by molar-refractivity contribution is 7.09. The molecule has 0 saturated carbocycles. The van der Waals surface area contributed by atoms with Crippen molar-refractivity contribution in [2.45, 2.75) is 32.7 Å². The predicted molar refractivity (Wildman–Crippen MR) is 76.7 cm³/mol. The fourth-order valence-corrected chi connectivity index (χ4v) is 2.35. The topological polar surface area (TPSA) is 54.9 Å². The van der Waals surface area contributed by atoms with E-state index in [4.69, 9.17) is 0 Å². The van der Waals surface area contributed by atoms with Crippen LogP contribution in [0.4, 0.5) is 0 Å². The molecule has 0 saturated heterocycles. The van der Waals surface area contributed by atoms with E-state index in [-0.39, 0.29) is 5.91 Å². The maximum atomic E-state index is 11.5. The smallest absolute Gasteiger partial charge is 0.220 e. The van der Waals surface area contributed by atoms with Gasteiger partial charge < -0.3 is 5.32 Å². The Hall–Kier alpha value is -1.75. The lowest BCUT2D eigenvalue weighted by molar-refractivity contribution is -0.121. The third-order valence-corrected chi connectivity index (χ3v) is 3.52. The lowest BCUT2D eigenvalue weighted by Gasteiger charge is -2.01. The van der Waals surface area contributed by atoms with Crippen LogP contribution in [0.2, 0.25) is 0 Å². The monoisotopic (exact) mass is 275 g/mol. The van der Waals surface area contributed by atoms with Gasteiger partial charge in [0.1, 0.15) is 5.01 Å². The van der Waals surface area contributed by atoms with Crippen LogP contribution in [-0.2, 0) is 11.3 Å². The van der Waals surface area contributed by atoms with Crippen LogP contribution >= 0.6 is 11.3 Å². The Bertz CT molecular complexity index is 524. The molecule has 4 nitrogen and oxygen atoms in total. The largest absolute Gasteiger partial charge is 0.350 e. The van der Waals surface area contributed by atoms with E-state index in [9.17, 15) is 4.79 Å². The zero-order valence-electron chi connectivity index (χ0n) is 10.9. The molecule has 0 aliphatic heterocycles. The van der Waals surface area contributed by atoms with Crippen molar-refractivity contribution in [1.29, 1.82) is 0 Å². The molecular weight excluding hydrogens is 258 g/mol. The summed E-state index contributed by atoms with van der Waals surface area (Å²) in [6.07, 6.45) is 4.31. The fraction of sp³-hybridized carbons (Fsp3) is 0.357. The number of rotatable bonds is 6. The number of carbonyl (C=O) groups excluding carboxylic acids is 1.